The van der Waals surface area contributed by atoms with Crippen LogP contribution in [0.2, 0.25) is 0 Å². The van der Waals surface area contributed by atoms with Crippen molar-refractivity contribution >= 4 is 28.9 Å². The first-order chi connectivity index (χ1) is 10.6. The Balaban J connectivity index is 1.64. The SMILES string of the molecule is O=C1NC(=O)[C@H](c2cc3ncc(C(=O)NC4CC4)cc3o2)N1. The van der Waals surface area contributed by atoms with Gasteiger partial charge in [-0.2, -0.15) is 0 Å². The second-order valence-corrected chi connectivity index (χ2v) is 5.40. The highest BCUT2D eigenvalue weighted by atomic mass is 16.3. The van der Waals surface area contributed by atoms with Gasteiger partial charge in [-0.05, 0) is 18.9 Å². The number of amides is 4. The molecule has 1 saturated carbocycles. The average molecular weight is 300 g/mol. The van der Waals surface area contributed by atoms with Gasteiger partial charge in [0, 0.05) is 18.3 Å². The minimum atomic E-state index is -0.870. The summed E-state index contributed by atoms with van der Waals surface area (Å²) in [5, 5.41) is 7.45. The van der Waals surface area contributed by atoms with E-state index in [1.165, 1.54) is 6.20 Å². The second-order valence-electron chi connectivity index (χ2n) is 5.40. The van der Waals surface area contributed by atoms with Crippen LogP contribution < -0.4 is 16.0 Å². The summed E-state index contributed by atoms with van der Waals surface area (Å²) in [6.07, 6.45) is 3.47. The number of carbonyl (C=O) groups excluding carboxylic acids is 3. The van der Waals surface area contributed by atoms with Crippen LogP contribution in [0.3, 0.4) is 0 Å². The van der Waals surface area contributed by atoms with Crippen LogP contribution >= 0.6 is 0 Å². The van der Waals surface area contributed by atoms with Crippen LogP contribution in [-0.4, -0.2) is 28.9 Å². The molecule has 0 radical (unpaired) electrons. The molecule has 4 amide bonds. The van der Waals surface area contributed by atoms with E-state index >= 15 is 0 Å². The molecule has 22 heavy (non-hydrogen) atoms. The maximum atomic E-state index is 12.0. The topological polar surface area (TPSA) is 113 Å². The average Bonchev–Trinajstić information content (AvgIpc) is 3.09. The number of hydrogen-bond acceptors (Lipinski definition) is 5. The fourth-order valence-corrected chi connectivity index (χ4v) is 2.32. The molecule has 3 N–H and O–H groups in total. The number of urea groups is 1. The lowest BCUT2D eigenvalue weighted by molar-refractivity contribution is -0.120. The number of aromatic nitrogens is 1. The standard InChI is InChI=1S/C14H12N4O4/c19-12(16-7-1-2-7)6-3-9-8(15-5-6)4-10(22-9)11-13(20)18-14(21)17-11/h3-5,7,11H,1-2H2,(H,16,19)(H2,17,18,20,21)/t11-/m0/s1. The third-order valence-electron chi connectivity index (χ3n) is 3.62. The Labute approximate surface area is 124 Å². The van der Waals surface area contributed by atoms with E-state index in [1.54, 1.807) is 12.1 Å². The molecule has 3 heterocycles. The Hall–Kier alpha value is -2.90. The van der Waals surface area contributed by atoms with E-state index in [0.29, 0.717) is 16.7 Å². The third kappa shape index (κ3) is 2.18. The van der Waals surface area contributed by atoms with Gasteiger partial charge in [0.05, 0.1) is 5.56 Å². The minimum Gasteiger partial charge on any atom is -0.457 e. The van der Waals surface area contributed by atoms with E-state index in [-0.39, 0.29) is 17.7 Å². The number of nitrogens with zero attached hydrogens (tertiary/aromatic N) is 1. The Bertz CT molecular complexity index is 808. The van der Waals surface area contributed by atoms with E-state index in [4.69, 9.17) is 4.42 Å². The van der Waals surface area contributed by atoms with Crippen molar-refractivity contribution in [2.24, 2.45) is 0 Å². The summed E-state index contributed by atoms with van der Waals surface area (Å²) in [6, 6.07) is 1.98. The first-order valence-corrected chi connectivity index (χ1v) is 6.92. The smallest absolute Gasteiger partial charge is 0.322 e. The maximum Gasteiger partial charge on any atom is 0.322 e. The monoisotopic (exact) mass is 300 g/mol. The van der Waals surface area contributed by atoms with Gasteiger partial charge in [-0.3, -0.25) is 19.9 Å². The van der Waals surface area contributed by atoms with Gasteiger partial charge in [0.1, 0.15) is 11.3 Å². The first kappa shape index (κ1) is 12.8. The minimum absolute atomic E-state index is 0.193. The van der Waals surface area contributed by atoms with Crippen LogP contribution in [0.4, 0.5) is 4.79 Å². The lowest BCUT2D eigenvalue weighted by Gasteiger charge is -2.02. The van der Waals surface area contributed by atoms with Crippen LogP contribution in [-0.2, 0) is 4.79 Å². The lowest BCUT2D eigenvalue weighted by Crippen LogP contribution is -2.25. The van der Waals surface area contributed by atoms with E-state index < -0.39 is 18.0 Å². The van der Waals surface area contributed by atoms with Crippen molar-refractivity contribution in [3.63, 3.8) is 0 Å². The predicted octanol–water partition coefficient (Wildman–Crippen LogP) is 0.600. The van der Waals surface area contributed by atoms with Gasteiger partial charge in [-0.1, -0.05) is 0 Å². The molecule has 2 aromatic rings. The van der Waals surface area contributed by atoms with E-state index in [1.807, 2.05) is 0 Å². The summed E-state index contributed by atoms with van der Waals surface area (Å²) in [6.45, 7) is 0. The van der Waals surface area contributed by atoms with E-state index in [2.05, 4.69) is 20.9 Å². The van der Waals surface area contributed by atoms with Crippen molar-refractivity contribution in [2.75, 3.05) is 0 Å². The van der Waals surface area contributed by atoms with Crippen LogP contribution in [0.25, 0.3) is 11.1 Å². The molecule has 1 atom stereocenters. The molecule has 1 aliphatic heterocycles. The zero-order valence-electron chi connectivity index (χ0n) is 11.4. The second kappa shape index (κ2) is 4.55. The largest absolute Gasteiger partial charge is 0.457 e. The van der Waals surface area contributed by atoms with Gasteiger partial charge < -0.3 is 15.1 Å². The van der Waals surface area contributed by atoms with Gasteiger partial charge in [-0.15, -0.1) is 0 Å². The number of imide groups is 1. The molecule has 2 aromatic heterocycles. The molecule has 1 saturated heterocycles. The number of fused-ring (bicyclic) bond motifs is 1. The maximum absolute atomic E-state index is 12.0. The Kier molecular flexibility index (Phi) is 2.65. The van der Waals surface area contributed by atoms with Gasteiger partial charge in [0.25, 0.3) is 11.8 Å². The zero-order valence-corrected chi connectivity index (χ0v) is 11.4. The molecule has 0 bridgehead atoms. The molecule has 4 rings (SSSR count). The summed E-state index contributed by atoms with van der Waals surface area (Å²) in [7, 11) is 0. The molecular formula is C14H12N4O4. The van der Waals surface area contributed by atoms with Crippen molar-refractivity contribution in [3.05, 3.63) is 29.7 Å². The van der Waals surface area contributed by atoms with Crippen molar-refractivity contribution in [1.82, 2.24) is 20.9 Å². The van der Waals surface area contributed by atoms with Gasteiger partial charge >= 0.3 is 6.03 Å². The number of carbonyl (C=O) groups is 3. The fourth-order valence-electron chi connectivity index (χ4n) is 2.32. The lowest BCUT2D eigenvalue weighted by atomic mass is 10.2. The third-order valence-corrected chi connectivity index (χ3v) is 3.62. The van der Waals surface area contributed by atoms with E-state index in [9.17, 15) is 14.4 Å². The molecule has 2 aliphatic rings. The number of rotatable bonds is 3. The van der Waals surface area contributed by atoms with Crippen molar-refractivity contribution in [1.29, 1.82) is 0 Å². The summed E-state index contributed by atoms with van der Waals surface area (Å²) in [4.78, 5) is 38.9. The molecule has 112 valence electrons. The van der Waals surface area contributed by atoms with Crippen molar-refractivity contribution in [3.8, 4) is 0 Å². The Morgan fingerprint density at radius 2 is 2.14 bits per heavy atom. The van der Waals surface area contributed by atoms with Crippen LogP contribution in [0.5, 0.6) is 0 Å². The van der Waals surface area contributed by atoms with Crippen molar-refractivity contribution < 1.29 is 18.8 Å². The number of hydrogen-bond donors (Lipinski definition) is 3. The molecule has 0 aromatic carbocycles. The summed E-state index contributed by atoms with van der Waals surface area (Å²) >= 11 is 0. The molecular weight excluding hydrogens is 288 g/mol. The van der Waals surface area contributed by atoms with Gasteiger partial charge in [-0.25, -0.2) is 4.79 Å². The summed E-state index contributed by atoms with van der Waals surface area (Å²) in [5.74, 6) is -0.386. The molecule has 0 unspecified atom stereocenters. The summed E-state index contributed by atoms with van der Waals surface area (Å²) < 4.78 is 5.56. The van der Waals surface area contributed by atoms with Crippen LogP contribution in [0, 0.1) is 0 Å². The molecule has 8 heteroatoms. The normalized spacial score (nSPS) is 20.8. The van der Waals surface area contributed by atoms with Crippen LogP contribution in [0.1, 0.15) is 35.0 Å². The van der Waals surface area contributed by atoms with Gasteiger partial charge in [0.2, 0.25) is 0 Å². The molecule has 1 aliphatic carbocycles. The molecule has 8 nitrogen and oxygen atoms in total. The number of pyridine rings is 1. The molecule has 0 spiro atoms. The molecule has 2 fully saturated rings. The fraction of sp³-hybridized carbons (Fsp3) is 0.286. The Morgan fingerprint density at radius 1 is 1.32 bits per heavy atom. The highest BCUT2D eigenvalue weighted by Crippen LogP contribution is 2.25. The quantitative estimate of drug-likeness (QED) is 0.718. The highest BCUT2D eigenvalue weighted by molar-refractivity contribution is 6.04. The Morgan fingerprint density at radius 3 is 2.82 bits per heavy atom. The van der Waals surface area contributed by atoms with Gasteiger partial charge in [0.15, 0.2) is 11.6 Å². The summed E-state index contributed by atoms with van der Waals surface area (Å²) in [5.41, 5.74) is 1.32. The highest BCUT2D eigenvalue weighted by Gasteiger charge is 2.33. The number of furan rings is 1. The number of nitrogens with one attached hydrogen (secondary N) is 3. The predicted molar refractivity (Wildman–Crippen MR) is 73.9 cm³/mol. The van der Waals surface area contributed by atoms with E-state index in [0.717, 1.165) is 12.8 Å². The van der Waals surface area contributed by atoms with Crippen LogP contribution in [0.15, 0.2) is 22.7 Å². The van der Waals surface area contributed by atoms with Crippen molar-refractivity contribution in [2.45, 2.75) is 24.9 Å². The zero-order chi connectivity index (χ0) is 15.3. The first-order valence-electron chi connectivity index (χ1n) is 6.92.